The molecule has 1 aliphatic heterocycles. The van der Waals surface area contributed by atoms with Gasteiger partial charge in [0, 0.05) is 13.1 Å². The molecule has 0 spiro atoms. The maximum atomic E-state index is 12.2. The average Bonchev–Trinajstić information content (AvgIpc) is 2.77. The third kappa shape index (κ3) is 2.42. The highest BCUT2D eigenvalue weighted by molar-refractivity contribution is 14.1. The van der Waals surface area contributed by atoms with Gasteiger partial charge >= 0.3 is 0 Å². The molecular weight excluding hydrogens is 375 g/mol. The predicted octanol–water partition coefficient (Wildman–Crippen LogP) is -0.128. The van der Waals surface area contributed by atoms with Crippen molar-refractivity contribution in [1.29, 1.82) is 0 Å². The lowest BCUT2D eigenvalue weighted by Crippen LogP contribution is -2.42. The Hall–Kier alpha value is -1.49. The number of nitrogen functional groups attached to an aromatic ring is 1. The highest BCUT2D eigenvalue weighted by Gasteiger charge is 2.20. The van der Waals surface area contributed by atoms with E-state index < -0.39 is 0 Å². The molecule has 0 saturated carbocycles. The van der Waals surface area contributed by atoms with Crippen molar-refractivity contribution in [2.24, 2.45) is 0 Å². The largest absolute Gasteiger partial charge is 0.383 e. The van der Waals surface area contributed by atoms with Crippen LogP contribution in [0, 0.1) is 3.70 Å². The maximum absolute atomic E-state index is 12.2. The number of nitrogens with two attached hydrogens (primary N) is 1. The fourth-order valence-corrected chi connectivity index (χ4v) is 2.92. The Bertz CT molecular complexity index is 652. The number of halogens is 1. The number of fused-ring (bicyclic) bond motifs is 1. The summed E-state index contributed by atoms with van der Waals surface area (Å²) in [6.07, 6.45) is 1.38. The SMILES string of the molecule is Nc1ncnc2c1c(I)nn2CC(=O)N1CCOCC1. The Balaban J connectivity index is 1.87. The number of ether oxygens (including phenoxy) is 1. The second-order valence-electron chi connectivity index (χ2n) is 4.40. The Morgan fingerprint density at radius 3 is 2.90 bits per heavy atom. The Morgan fingerprint density at radius 2 is 2.15 bits per heavy atom. The number of aromatic nitrogens is 4. The fraction of sp³-hybridized carbons (Fsp3) is 0.455. The molecule has 1 aliphatic rings. The van der Waals surface area contributed by atoms with Gasteiger partial charge in [0.15, 0.2) is 5.65 Å². The number of amides is 1. The van der Waals surface area contributed by atoms with Gasteiger partial charge in [0.25, 0.3) is 0 Å². The zero-order valence-electron chi connectivity index (χ0n) is 10.6. The van der Waals surface area contributed by atoms with E-state index in [0.717, 1.165) is 0 Å². The third-order valence-corrected chi connectivity index (χ3v) is 3.92. The van der Waals surface area contributed by atoms with Crippen LogP contribution in [0.3, 0.4) is 0 Å². The van der Waals surface area contributed by atoms with Crippen LogP contribution in [0.15, 0.2) is 6.33 Å². The van der Waals surface area contributed by atoms with Crippen LogP contribution in [0.4, 0.5) is 5.82 Å². The summed E-state index contributed by atoms with van der Waals surface area (Å²) in [5.74, 6) is 0.385. The molecule has 2 aromatic heterocycles. The molecule has 2 aromatic rings. The summed E-state index contributed by atoms with van der Waals surface area (Å²) in [4.78, 5) is 22.1. The van der Waals surface area contributed by atoms with Crippen LogP contribution in [0.5, 0.6) is 0 Å². The first kappa shape index (κ1) is 13.5. The molecule has 1 saturated heterocycles. The Labute approximate surface area is 128 Å². The van der Waals surface area contributed by atoms with Crippen molar-refractivity contribution < 1.29 is 9.53 Å². The van der Waals surface area contributed by atoms with Crippen molar-refractivity contribution in [3.8, 4) is 0 Å². The van der Waals surface area contributed by atoms with E-state index in [1.165, 1.54) is 6.33 Å². The molecule has 3 rings (SSSR count). The molecule has 0 bridgehead atoms. The summed E-state index contributed by atoms with van der Waals surface area (Å²) in [6, 6.07) is 0. The number of hydrogen-bond acceptors (Lipinski definition) is 6. The first-order valence-electron chi connectivity index (χ1n) is 6.15. The summed E-state index contributed by atoms with van der Waals surface area (Å²) < 4.78 is 7.51. The molecule has 106 valence electrons. The quantitative estimate of drug-likeness (QED) is 0.720. The van der Waals surface area contributed by atoms with Gasteiger partial charge in [0.2, 0.25) is 5.91 Å². The van der Waals surface area contributed by atoms with Crippen LogP contribution >= 0.6 is 22.6 Å². The van der Waals surface area contributed by atoms with E-state index in [-0.39, 0.29) is 12.5 Å². The van der Waals surface area contributed by atoms with E-state index in [2.05, 4.69) is 37.7 Å². The van der Waals surface area contributed by atoms with Gasteiger partial charge in [-0.2, -0.15) is 5.10 Å². The van der Waals surface area contributed by atoms with Crippen LogP contribution in [-0.4, -0.2) is 56.9 Å². The minimum atomic E-state index is 0.00582. The lowest BCUT2D eigenvalue weighted by Gasteiger charge is -2.26. The van der Waals surface area contributed by atoms with Gasteiger partial charge in [-0.15, -0.1) is 0 Å². The Morgan fingerprint density at radius 1 is 1.40 bits per heavy atom. The molecule has 0 unspecified atom stereocenters. The average molecular weight is 388 g/mol. The molecule has 0 aromatic carbocycles. The molecule has 8 nitrogen and oxygen atoms in total. The lowest BCUT2D eigenvalue weighted by molar-refractivity contribution is -0.136. The van der Waals surface area contributed by atoms with Gasteiger partial charge in [0.1, 0.15) is 22.4 Å². The molecule has 20 heavy (non-hydrogen) atoms. The zero-order valence-corrected chi connectivity index (χ0v) is 12.8. The summed E-state index contributed by atoms with van der Waals surface area (Å²) in [5, 5.41) is 5.02. The van der Waals surface area contributed by atoms with E-state index in [9.17, 15) is 4.79 Å². The molecule has 1 fully saturated rings. The molecular formula is C11H13IN6O2. The monoisotopic (exact) mass is 388 g/mol. The van der Waals surface area contributed by atoms with Crippen molar-refractivity contribution in [2.75, 3.05) is 32.0 Å². The predicted molar refractivity (Wildman–Crippen MR) is 79.9 cm³/mol. The minimum absolute atomic E-state index is 0.00582. The Kier molecular flexibility index (Phi) is 3.70. The molecule has 9 heteroatoms. The topological polar surface area (TPSA) is 99.2 Å². The number of rotatable bonds is 2. The van der Waals surface area contributed by atoms with Gasteiger partial charge in [-0.05, 0) is 22.6 Å². The van der Waals surface area contributed by atoms with E-state index in [4.69, 9.17) is 10.5 Å². The minimum Gasteiger partial charge on any atom is -0.383 e. The van der Waals surface area contributed by atoms with Gasteiger partial charge in [-0.3, -0.25) is 4.79 Å². The van der Waals surface area contributed by atoms with Crippen molar-refractivity contribution in [1.82, 2.24) is 24.6 Å². The van der Waals surface area contributed by atoms with Gasteiger partial charge in [-0.25, -0.2) is 14.6 Å². The number of carbonyl (C=O) groups excluding carboxylic acids is 1. The highest BCUT2D eigenvalue weighted by atomic mass is 127. The maximum Gasteiger partial charge on any atom is 0.244 e. The van der Waals surface area contributed by atoms with Crippen LogP contribution in [-0.2, 0) is 16.1 Å². The van der Waals surface area contributed by atoms with Crippen molar-refractivity contribution >= 4 is 45.3 Å². The molecule has 2 N–H and O–H groups in total. The molecule has 1 amide bonds. The van der Waals surface area contributed by atoms with Crippen LogP contribution in [0.25, 0.3) is 11.0 Å². The van der Waals surface area contributed by atoms with Gasteiger partial charge in [0.05, 0.1) is 18.6 Å². The van der Waals surface area contributed by atoms with Crippen LogP contribution in [0.2, 0.25) is 0 Å². The summed E-state index contributed by atoms with van der Waals surface area (Å²) in [7, 11) is 0. The van der Waals surface area contributed by atoms with Crippen molar-refractivity contribution in [3.05, 3.63) is 10.0 Å². The van der Waals surface area contributed by atoms with E-state index in [1.807, 2.05) is 0 Å². The normalized spacial score (nSPS) is 15.8. The highest BCUT2D eigenvalue weighted by Crippen LogP contribution is 2.22. The standard InChI is InChI=1S/C11H13IN6O2/c12-9-8-10(13)14-6-15-11(8)18(16-9)5-7(19)17-1-3-20-4-2-17/h6H,1-5H2,(H2,13,14,15). The fourth-order valence-electron chi connectivity index (χ4n) is 2.14. The molecule has 0 radical (unpaired) electrons. The van der Waals surface area contributed by atoms with Crippen molar-refractivity contribution in [2.45, 2.75) is 6.54 Å². The van der Waals surface area contributed by atoms with Crippen LogP contribution in [0.1, 0.15) is 0 Å². The second kappa shape index (κ2) is 5.48. The summed E-state index contributed by atoms with van der Waals surface area (Å²) in [5.41, 5.74) is 6.41. The third-order valence-electron chi connectivity index (χ3n) is 3.16. The van der Waals surface area contributed by atoms with E-state index >= 15 is 0 Å². The smallest absolute Gasteiger partial charge is 0.244 e. The second-order valence-corrected chi connectivity index (χ2v) is 5.42. The first-order chi connectivity index (χ1) is 9.66. The van der Waals surface area contributed by atoms with E-state index in [0.29, 0.717) is 46.9 Å². The van der Waals surface area contributed by atoms with E-state index in [1.54, 1.807) is 9.58 Å². The van der Waals surface area contributed by atoms with Crippen molar-refractivity contribution in [3.63, 3.8) is 0 Å². The summed E-state index contributed by atoms with van der Waals surface area (Å²) in [6.45, 7) is 2.55. The van der Waals surface area contributed by atoms with Crippen LogP contribution < -0.4 is 5.73 Å². The van der Waals surface area contributed by atoms with Gasteiger partial charge < -0.3 is 15.4 Å². The number of anilines is 1. The number of morpholine rings is 1. The number of carbonyl (C=O) groups is 1. The lowest BCUT2D eigenvalue weighted by atomic mass is 10.4. The van der Waals surface area contributed by atoms with Gasteiger partial charge in [-0.1, -0.05) is 0 Å². The number of nitrogens with zero attached hydrogens (tertiary/aromatic N) is 5. The first-order valence-corrected chi connectivity index (χ1v) is 7.22. The molecule has 0 aliphatic carbocycles. The summed E-state index contributed by atoms with van der Waals surface area (Å²) >= 11 is 2.07. The molecule has 3 heterocycles. The number of hydrogen-bond donors (Lipinski definition) is 1. The molecule has 0 atom stereocenters. The zero-order chi connectivity index (χ0) is 14.1.